The maximum atomic E-state index is 12.9. The third-order valence-corrected chi connectivity index (χ3v) is 10.6. The van der Waals surface area contributed by atoms with Gasteiger partial charge in [-0.05, 0) is 49.4 Å². The number of esters is 1. The van der Waals surface area contributed by atoms with Gasteiger partial charge >= 0.3 is 12.0 Å². The average Bonchev–Trinajstić information content (AvgIpc) is 3.52. The Labute approximate surface area is 300 Å². The first-order valence-corrected chi connectivity index (χ1v) is 17.9. The summed E-state index contributed by atoms with van der Waals surface area (Å²) in [6.07, 6.45) is 2.15. The summed E-state index contributed by atoms with van der Waals surface area (Å²) in [6, 6.07) is 25.4. The number of hydrogen-bond donors (Lipinski definition) is 0. The predicted octanol–water partition coefficient (Wildman–Crippen LogP) is 4.75. The van der Waals surface area contributed by atoms with E-state index in [0.717, 1.165) is 48.6 Å². The highest BCUT2D eigenvalue weighted by atomic mass is 16.5. The number of carbonyl (C=O) groups excluding carboxylic acids is 1. The first-order valence-electron chi connectivity index (χ1n) is 17.9. The fraction of sp³-hybridized carbons (Fsp3) is 0.450. The third-order valence-electron chi connectivity index (χ3n) is 10.6. The van der Waals surface area contributed by atoms with E-state index >= 15 is 0 Å². The van der Waals surface area contributed by atoms with Crippen molar-refractivity contribution in [3.8, 4) is 12.1 Å². The standard InChI is InChI=1S/C40H47N7O4/c1-28-9-7-12-30-13-8-14-36(38(28)30)46-18-16-34-35(24-46)42-40(51-27-32-21-33(49-3)23-44(32)2)43-39(34)47-20-19-45(31(22-47)15-17-41)25-37(48)50-26-29-10-5-4-6-11-29/h4-14,31-33H,15-16,18-27H2,1-3H3/t31-,32+,33+/m0/s1. The molecule has 0 N–H and O–H groups in total. The third kappa shape index (κ3) is 7.78. The van der Waals surface area contributed by atoms with Crippen LogP contribution >= 0.6 is 0 Å². The van der Waals surface area contributed by atoms with Crippen molar-refractivity contribution >= 4 is 28.2 Å². The molecule has 3 aliphatic rings. The van der Waals surface area contributed by atoms with Crippen LogP contribution in [0.15, 0.2) is 66.7 Å². The lowest BCUT2D eigenvalue weighted by molar-refractivity contribution is -0.147. The molecule has 0 bridgehead atoms. The molecule has 2 saturated heterocycles. The number of nitriles is 1. The SMILES string of the molecule is CO[C@@H]1C[C@H](COc2nc3c(c(N4CCN(CC(=O)OCc5ccccc5)[C@@H](CC#N)C4)n2)CCN(c2cccc4cccc(C)c24)C3)N(C)C1. The summed E-state index contributed by atoms with van der Waals surface area (Å²) in [4.78, 5) is 32.1. The normalized spacial score (nSPS) is 21.0. The second-order valence-corrected chi connectivity index (χ2v) is 14.0. The number of fused-ring (bicyclic) bond motifs is 2. The molecule has 11 heteroatoms. The Bertz CT molecular complexity index is 1880. The maximum absolute atomic E-state index is 12.9. The largest absolute Gasteiger partial charge is 0.462 e. The lowest BCUT2D eigenvalue weighted by Gasteiger charge is -2.42. The van der Waals surface area contributed by atoms with Crippen molar-refractivity contribution in [3.05, 3.63) is 89.1 Å². The van der Waals surface area contributed by atoms with E-state index in [0.29, 0.717) is 45.2 Å². The zero-order valence-corrected chi connectivity index (χ0v) is 29.8. The molecule has 2 fully saturated rings. The van der Waals surface area contributed by atoms with Gasteiger partial charge in [-0.15, -0.1) is 0 Å². The summed E-state index contributed by atoms with van der Waals surface area (Å²) < 4.78 is 17.6. The molecule has 0 amide bonds. The Balaban J connectivity index is 1.13. The minimum atomic E-state index is -0.290. The molecule has 0 radical (unpaired) electrons. The van der Waals surface area contributed by atoms with Crippen LogP contribution in [0.25, 0.3) is 10.8 Å². The molecule has 7 rings (SSSR count). The van der Waals surface area contributed by atoms with E-state index in [1.807, 2.05) is 30.3 Å². The van der Waals surface area contributed by atoms with Gasteiger partial charge in [-0.1, -0.05) is 60.7 Å². The molecule has 0 unspecified atom stereocenters. The Morgan fingerprint density at radius 1 is 0.961 bits per heavy atom. The van der Waals surface area contributed by atoms with E-state index in [2.05, 4.69) is 76.0 Å². The number of likely N-dealkylation sites (N-methyl/N-ethyl adjacent to an activating group) is 1. The Morgan fingerprint density at radius 2 is 1.78 bits per heavy atom. The molecule has 3 atom stereocenters. The summed E-state index contributed by atoms with van der Waals surface area (Å²) in [6.45, 7) is 7.17. The summed E-state index contributed by atoms with van der Waals surface area (Å²) in [5, 5.41) is 12.3. The van der Waals surface area contributed by atoms with Crippen LogP contribution in [0.5, 0.6) is 6.01 Å². The smallest absolute Gasteiger partial charge is 0.320 e. The van der Waals surface area contributed by atoms with Gasteiger partial charge in [-0.2, -0.15) is 15.2 Å². The van der Waals surface area contributed by atoms with Crippen LogP contribution in [0.1, 0.15) is 35.2 Å². The van der Waals surface area contributed by atoms with Crippen LogP contribution < -0.4 is 14.5 Å². The number of ether oxygens (including phenoxy) is 3. The number of nitrogens with zero attached hydrogens (tertiary/aromatic N) is 7. The quantitative estimate of drug-likeness (QED) is 0.204. The van der Waals surface area contributed by atoms with Gasteiger partial charge in [-0.25, -0.2) is 0 Å². The lowest BCUT2D eigenvalue weighted by atomic mass is 9.99. The number of piperazine rings is 1. The minimum Gasteiger partial charge on any atom is -0.462 e. The maximum Gasteiger partial charge on any atom is 0.320 e. The van der Waals surface area contributed by atoms with Crippen molar-refractivity contribution in [2.24, 2.45) is 0 Å². The summed E-state index contributed by atoms with van der Waals surface area (Å²) in [5.74, 6) is 0.578. The van der Waals surface area contributed by atoms with E-state index in [1.165, 1.54) is 22.0 Å². The van der Waals surface area contributed by atoms with Crippen LogP contribution in [0, 0.1) is 18.3 Å². The molecule has 4 aromatic rings. The highest BCUT2D eigenvalue weighted by Gasteiger charge is 2.34. The van der Waals surface area contributed by atoms with E-state index in [-0.39, 0.29) is 37.3 Å². The number of methoxy groups -OCH3 is 1. The zero-order chi connectivity index (χ0) is 35.3. The molecule has 0 saturated carbocycles. The minimum absolute atomic E-state index is 0.139. The molecule has 51 heavy (non-hydrogen) atoms. The number of carbonyl (C=O) groups is 1. The molecule has 0 spiro atoms. The highest BCUT2D eigenvalue weighted by molar-refractivity contribution is 5.97. The van der Waals surface area contributed by atoms with Gasteiger partial charge in [0.05, 0.1) is 37.4 Å². The van der Waals surface area contributed by atoms with Crippen LogP contribution in [0.3, 0.4) is 0 Å². The number of aromatic nitrogens is 2. The Morgan fingerprint density at radius 3 is 2.57 bits per heavy atom. The second-order valence-electron chi connectivity index (χ2n) is 14.0. The molecule has 3 aromatic carbocycles. The van der Waals surface area contributed by atoms with Gasteiger partial charge in [0.25, 0.3) is 0 Å². The predicted molar refractivity (Wildman–Crippen MR) is 197 cm³/mol. The van der Waals surface area contributed by atoms with Gasteiger partial charge < -0.3 is 24.0 Å². The van der Waals surface area contributed by atoms with E-state index in [9.17, 15) is 10.1 Å². The van der Waals surface area contributed by atoms with Crippen LogP contribution in [-0.2, 0) is 33.8 Å². The van der Waals surface area contributed by atoms with Gasteiger partial charge in [0, 0.05) is 68.6 Å². The van der Waals surface area contributed by atoms with Crippen molar-refractivity contribution in [2.75, 3.05) is 69.8 Å². The van der Waals surface area contributed by atoms with E-state index in [4.69, 9.17) is 24.2 Å². The van der Waals surface area contributed by atoms with E-state index < -0.39 is 0 Å². The van der Waals surface area contributed by atoms with E-state index in [1.54, 1.807) is 7.11 Å². The number of benzene rings is 3. The van der Waals surface area contributed by atoms with Crippen molar-refractivity contribution in [1.82, 2.24) is 19.8 Å². The molecule has 4 heterocycles. The molecular formula is C40H47N7O4. The molecule has 1 aromatic heterocycles. The summed E-state index contributed by atoms with van der Waals surface area (Å²) in [5.41, 5.74) is 5.49. The topological polar surface area (TPSA) is 107 Å². The highest BCUT2D eigenvalue weighted by Crippen LogP contribution is 2.36. The van der Waals surface area contributed by atoms with Crippen molar-refractivity contribution < 1.29 is 19.0 Å². The number of rotatable bonds is 11. The van der Waals surface area contributed by atoms with Gasteiger partial charge in [0.1, 0.15) is 19.0 Å². The number of aryl methyl sites for hydroxylation is 1. The van der Waals surface area contributed by atoms with Crippen LogP contribution in [0.2, 0.25) is 0 Å². The number of anilines is 2. The fourth-order valence-electron chi connectivity index (χ4n) is 7.80. The Hall–Kier alpha value is -4.76. The first kappa shape index (κ1) is 34.7. The number of likely N-dealkylation sites (tertiary alicyclic amines) is 1. The van der Waals surface area contributed by atoms with Crippen molar-refractivity contribution in [1.29, 1.82) is 5.26 Å². The van der Waals surface area contributed by atoms with Crippen molar-refractivity contribution in [3.63, 3.8) is 0 Å². The summed E-state index contributed by atoms with van der Waals surface area (Å²) >= 11 is 0. The molecular weight excluding hydrogens is 642 g/mol. The molecule has 3 aliphatic heterocycles. The molecule has 0 aliphatic carbocycles. The Kier molecular flexibility index (Phi) is 10.6. The monoisotopic (exact) mass is 689 g/mol. The molecule has 266 valence electrons. The van der Waals surface area contributed by atoms with Crippen LogP contribution in [0.4, 0.5) is 11.5 Å². The second kappa shape index (κ2) is 15.6. The van der Waals surface area contributed by atoms with Gasteiger partial charge in [0.15, 0.2) is 0 Å². The number of hydrogen-bond acceptors (Lipinski definition) is 11. The molecule has 11 nitrogen and oxygen atoms in total. The first-order chi connectivity index (χ1) is 24.9. The average molecular weight is 690 g/mol. The van der Waals surface area contributed by atoms with Gasteiger partial charge in [0.2, 0.25) is 0 Å². The van der Waals surface area contributed by atoms with Gasteiger partial charge in [-0.3, -0.25) is 14.6 Å². The summed E-state index contributed by atoms with van der Waals surface area (Å²) in [7, 11) is 3.86. The zero-order valence-electron chi connectivity index (χ0n) is 29.8. The lowest BCUT2D eigenvalue weighted by Crippen LogP contribution is -2.55. The van der Waals surface area contributed by atoms with Crippen LogP contribution in [-0.4, -0.2) is 104 Å². The van der Waals surface area contributed by atoms with Crippen molar-refractivity contribution in [2.45, 2.75) is 57.5 Å². The fourth-order valence-corrected chi connectivity index (χ4v) is 7.80.